The SMILES string of the molecule is c1cc2ccc3ccc(CNc4c5ccccc5nc5ccccc45)c4ccc(c1)c2c34. The number of fused-ring (bicyclic) bond motifs is 2. The molecule has 150 valence electrons. The molecular weight excluding hydrogens is 388 g/mol. The standard InChI is InChI=1S/C30H20N2/c1-3-10-26-24(8-1)30(25-9-2-4-11-27(25)32-26)31-18-22-15-14-21-13-12-19-6-5-7-20-16-17-23(22)29(21)28(19)20/h1-17H,18H2,(H,31,32). The van der Waals surface area contributed by atoms with E-state index in [9.17, 15) is 0 Å². The zero-order valence-corrected chi connectivity index (χ0v) is 17.5. The smallest absolute Gasteiger partial charge is 0.0730 e. The molecule has 6 aromatic carbocycles. The van der Waals surface area contributed by atoms with Gasteiger partial charge in [0.05, 0.1) is 16.7 Å². The largest absolute Gasteiger partial charge is 0.380 e. The van der Waals surface area contributed by atoms with Crippen molar-refractivity contribution in [2.45, 2.75) is 6.54 Å². The third-order valence-corrected chi connectivity index (χ3v) is 6.66. The van der Waals surface area contributed by atoms with E-state index < -0.39 is 0 Å². The number of benzene rings is 6. The van der Waals surface area contributed by atoms with Crippen molar-refractivity contribution in [2.75, 3.05) is 5.32 Å². The van der Waals surface area contributed by atoms with Crippen LogP contribution >= 0.6 is 0 Å². The number of nitrogens with zero attached hydrogens (tertiary/aromatic N) is 1. The molecule has 0 saturated heterocycles. The van der Waals surface area contributed by atoms with E-state index in [0.29, 0.717) is 0 Å². The Morgan fingerprint density at radius 1 is 0.500 bits per heavy atom. The molecule has 0 aliphatic carbocycles. The molecule has 0 aliphatic rings. The predicted molar refractivity (Wildman–Crippen MR) is 137 cm³/mol. The third-order valence-electron chi connectivity index (χ3n) is 6.66. The van der Waals surface area contributed by atoms with Gasteiger partial charge in [0.25, 0.3) is 0 Å². The number of rotatable bonds is 3. The number of hydrogen-bond acceptors (Lipinski definition) is 2. The van der Waals surface area contributed by atoms with Crippen molar-refractivity contribution in [3.8, 4) is 0 Å². The Hall–Kier alpha value is -4.17. The van der Waals surface area contributed by atoms with Crippen LogP contribution in [-0.2, 0) is 6.54 Å². The highest BCUT2D eigenvalue weighted by Gasteiger charge is 2.12. The minimum absolute atomic E-state index is 0.756. The molecule has 32 heavy (non-hydrogen) atoms. The molecule has 0 radical (unpaired) electrons. The summed E-state index contributed by atoms with van der Waals surface area (Å²) in [5.41, 5.74) is 4.49. The van der Waals surface area contributed by atoms with E-state index in [1.54, 1.807) is 0 Å². The topological polar surface area (TPSA) is 24.9 Å². The Kier molecular flexibility index (Phi) is 3.65. The summed E-state index contributed by atoms with van der Waals surface area (Å²) in [6.45, 7) is 0.756. The van der Waals surface area contributed by atoms with Gasteiger partial charge in [0, 0.05) is 17.3 Å². The molecule has 0 saturated carbocycles. The van der Waals surface area contributed by atoms with Gasteiger partial charge >= 0.3 is 0 Å². The Morgan fingerprint density at radius 3 is 1.81 bits per heavy atom. The lowest BCUT2D eigenvalue weighted by Crippen LogP contribution is -2.02. The first-order valence-electron chi connectivity index (χ1n) is 11.0. The van der Waals surface area contributed by atoms with Crippen LogP contribution in [0.4, 0.5) is 5.69 Å². The van der Waals surface area contributed by atoms with Crippen LogP contribution in [0.5, 0.6) is 0 Å². The molecular formula is C30H20N2. The average Bonchev–Trinajstić information content (AvgIpc) is 2.85. The van der Waals surface area contributed by atoms with Gasteiger partial charge in [-0.25, -0.2) is 4.98 Å². The van der Waals surface area contributed by atoms with E-state index in [0.717, 1.165) is 34.0 Å². The van der Waals surface area contributed by atoms with Crippen molar-refractivity contribution in [3.05, 3.63) is 109 Å². The van der Waals surface area contributed by atoms with Crippen LogP contribution in [0.25, 0.3) is 54.1 Å². The fourth-order valence-corrected chi connectivity index (χ4v) is 5.16. The quantitative estimate of drug-likeness (QED) is 0.237. The van der Waals surface area contributed by atoms with Gasteiger partial charge in [0.1, 0.15) is 0 Å². The Labute approximate surface area is 185 Å². The fourth-order valence-electron chi connectivity index (χ4n) is 5.16. The zero-order valence-electron chi connectivity index (χ0n) is 17.5. The molecule has 2 heteroatoms. The van der Waals surface area contributed by atoms with E-state index in [1.165, 1.54) is 37.9 Å². The van der Waals surface area contributed by atoms with Gasteiger partial charge in [-0.3, -0.25) is 0 Å². The summed E-state index contributed by atoms with van der Waals surface area (Å²) in [7, 11) is 0. The van der Waals surface area contributed by atoms with Crippen molar-refractivity contribution in [1.82, 2.24) is 4.98 Å². The van der Waals surface area contributed by atoms with Crippen molar-refractivity contribution in [1.29, 1.82) is 0 Å². The molecule has 0 spiro atoms. The van der Waals surface area contributed by atoms with E-state index in [4.69, 9.17) is 4.98 Å². The fraction of sp³-hybridized carbons (Fsp3) is 0.0333. The summed E-state index contributed by atoms with van der Waals surface area (Å²) in [4.78, 5) is 4.86. The van der Waals surface area contributed by atoms with Gasteiger partial charge < -0.3 is 5.32 Å². The Morgan fingerprint density at radius 2 is 1.09 bits per heavy atom. The number of aromatic nitrogens is 1. The lowest BCUT2D eigenvalue weighted by atomic mass is 9.92. The van der Waals surface area contributed by atoms with E-state index in [2.05, 4.69) is 108 Å². The molecule has 0 aliphatic heterocycles. The highest BCUT2D eigenvalue weighted by molar-refractivity contribution is 6.23. The van der Waals surface area contributed by atoms with Crippen molar-refractivity contribution in [3.63, 3.8) is 0 Å². The molecule has 0 fully saturated rings. The van der Waals surface area contributed by atoms with Crippen LogP contribution in [0, 0.1) is 0 Å². The lowest BCUT2D eigenvalue weighted by Gasteiger charge is -2.16. The summed E-state index contributed by atoms with van der Waals surface area (Å²) in [6, 6.07) is 36.8. The summed E-state index contributed by atoms with van der Waals surface area (Å²) < 4.78 is 0. The first-order valence-corrected chi connectivity index (χ1v) is 11.0. The highest BCUT2D eigenvalue weighted by Crippen LogP contribution is 2.37. The number of pyridine rings is 1. The number of hydrogen-bond donors (Lipinski definition) is 1. The van der Waals surface area contributed by atoms with Crippen LogP contribution < -0.4 is 5.32 Å². The zero-order chi connectivity index (χ0) is 21.1. The van der Waals surface area contributed by atoms with E-state index in [-0.39, 0.29) is 0 Å². The molecule has 0 amide bonds. The summed E-state index contributed by atoms with van der Waals surface area (Å²) in [6.07, 6.45) is 0. The maximum atomic E-state index is 4.86. The van der Waals surface area contributed by atoms with Gasteiger partial charge in [-0.15, -0.1) is 0 Å². The van der Waals surface area contributed by atoms with Gasteiger partial charge in [-0.05, 0) is 50.0 Å². The predicted octanol–water partition coefficient (Wildman–Crippen LogP) is 7.90. The second-order valence-electron chi connectivity index (χ2n) is 8.46. The average molecular weight is 409 g/mol. The molecule has 1 heterocycles. The maximum absolute atomic E-state index is 4.86. The van der Waals surface area contributed by atoms with Crippen LogP contribution in [-0.4, -0.2) is 4.98 Å². The lowest BCUT2D eigenvalue weighted by molar-refractivity contribution is 1.18. The molecule has 0 unspecified atom stereocenters. The Bertz CT molecular complexity index is 1710. The summed E-state index contributed by atoms with van der Waals surface area (Å²) in [5, 5.41) is 14.0. The van der Waals surface area contributed by atoms with Gasteiger partial charge in [0.2, 0.25) is 0 Å². The van der Waals surface area contributed by atoms with Gasteiger partial charge in [0.15, 0.2) is 0 Å². The first kappa shape index (κ1) is 17.5. The van der Waals surface area contributed by atoms with Crippen molar-refractivity contribution in [2.24, 2.45) is 0 Å². The van der Waals surface area contributed by atoms with E-state index in [1.807, 2.05) is 0 Å². The maximum Gasteiger partial charge on any atom is 0.0730 e. The summed E-state index contributed by atoms with van der Waals surface area (Å²) in [5.74, 6) is 0. The minimum Gasteiger partial charge on any atom is -0.380 e. The van der Waals surface area contributed by atoms with Crippen molar-refractivity contribution < 1.29 is 0 Å². The Balaban J connectivity index is 1.41. The second kappa shape index (κ2) is 6.66. The molecule has 0 bridgehead atoms. The second-order valence-corrected chi connectivity index (χ2v) is 8.46. The van der Waals surface area contributed by atoms with Crippen LogP contribution in [0.15, 0.2) is 103 Å². The molecule has 1 aromatic heterocycles. The normalized spacial score (nSPS) is 11.9. The van der Waals surface area contributed by atoms with Crippen LogP contribution in [0.2, 0.25) is 0 Å². The monoisotopic (exact) mass is 408 g/mol. The molecule has 7 aromatic rings. The molecule has 0 atom stereocenters. The number of anilines is 1. The van der Waals surface area contributed by atoms with Gasteiger partial charge in [-0.1, -0.05) is 91.0 Å². The minimum atomic E-state index is 0.756. The van der Waals surface area contributed by atoms with Crippen LogP contribution in [0.1, 0.15) is 5.56 Å². The highest BCUT2D eigenvalue weighted by atomic mass is 14.9. The summed E-state index contributed by atoms with van der Waals surface area (Å²) >= 11 is 0. The first-order chi connectivity index (χ1) is 15.9. The molecule has 7 rings (SSSR count). The van der Waals surface area contributed by atoms with Gasteiger partial charge in [-0.2, -0.15) is 0 Å². The molecule has 1 N–H and O–H groups in total. The third kappa shape index (κ3) is 2.50. The molecule has 2 nitrogen and oxygen atoms in total. The van der Waals surface area contributed by atoms with Crippen molar-refractivity contribution >= 4 is 59.8 Å². The van der Waals surface area contributed by atoms with Crippen LogP contribution in [0.3, 0.4) is 0 Å². The van der Waals surface area contributed by atoms with E-state index >= 15 is 0 Å². The number of para-hydroxylation sites is 2. The number of nitrogens with one attached hydrogen (secondary N) is 1.